The SMILES string of the molecule is CN(C)CCn1cc(C(=O)N2CC[C@@H](NCC(N)=O)C2)cn1. The largest absolute Gasteiger partial charge is 0.369 e. The van der Waals surface area contributed by atoms with Crippen LogP contribution >= 0.6 is 0 Å². The number of carbonyl (C=O) groups excluding carboxylic acids is 2. The second-order valence-corrected chi connectivity index (χ2v) is 5.88. The number of hydrogen-bond acceptors (Lipinski definition) is 5. The summed E-state index contributed by atoms with van der Waals surface area (Å²) >= 11 is 0. The molecule has 0 radical (unpaired) electrons. The third-order valence-electron chi connectivity index (χ3n) is 3.70. The summed E-state index contributed by atoms with van der Waals surface area (Å²) < 4.78 is 1.78. The van der Waals surface area contributed by atoms with Crippen LogP contribution < -0.4 is 11.1 Å². The molecule has 0 unspecified atom stereocenters. The van der Waals surface area contributed by atoms with Gasteiger partial charge in [0.05, 0.1) is 24.8 Å². The van der Waals surface area contributed by atoms with Crippen molar-refractivity contribution in [1.29, 1.82) is 0 Å². The fraction of sp³-hybridized carbons (Fsp3) is 0.643. The van der Waals surface area contributed by atoms with E-state index >= 15 is 0 Å². The highest BCUT2D eigenvalue weighted by molar-refractivity contribution is 5.94. The summed E-state index contributed by atoms with van der Waals surface area (Å²) in [6, 6.07) is 0.125. The molecular formula is C14H24N6O2. The van der Waals surface area contributed by atoms with Gasteiger partial charge in [-0.15, -0.1) is 0 Å². The summed E-state index contributed by atoms with van der Waals surface area (Å²) in [5, 5.41) is 7.29. The van der Waals surface area contributed by atoms with E-state index in [1.165, 1.54) is 0 Å². The van der Waals surface area contributed by atoms with Gasteiger partial charge in [0.25, 0.3) is 5.91 Å². The molecular weight excluding hydrogens is 284 g/mol. The van der Waals surface area contributed by atoms with Gasteiger partial charge in [-0.2, -0.15) is 5.10 Å². The molecule has 0 saturated carbocycles. The van der Waals surface area contributed by atoms with Crippen molar-refractivity contribution in [2.75, 3.05) is 40.3 Å². The van der Waals surface area contributed by atoms with Crippen LogP contribution in [0.3, 0.4) is 0 Å². The molecule has 0 aromatic carbocycles. The fourth-order valence-corrected chi connectivity index (χ4v) is 2.44. The van der Waals surface area contributed by atoms with Crippen LogP contribution in [-0.4, -0.2) is 77.7 Å². The van der Waals surface area contributed by atoms with Crippen molar-refractivity contribution in [3.05, 3.63) is 18.0 Å². The van der Waals surface area contributed by atoms with Gasteiger partial charge in [0, 0.05) is 31.9 Å². The number of likely N-dealkylation sites (N-methyl/N-ethyl adjacent to an activating group) is 1. The Morgan fingerprint density at radius 1 is 1.50 bits per heavy atom. The van der Waals surface area contributed by atoms with Gasteiger partial charge in [-0.1, -0.05) is 0 Å². The van der Waals surface area contributed by atoms with E-state index in [1.807, 2.05) is 14.1 Å². The van der Waals surface area contributed by atoms with E-state index in [2.05, 4.69) is 15.3 Å². The zero-order valence-corrected chi connectivity index (χ0v) is 13.2. The number of rotatable bonds is 7. The highest BCUT2D eigenvalue weighted by Crippen LogP contribution is 2.13. The molecule has 0 aliphatic carbocycles. The average Bonchev–Trinajstić information content (AvgIpc) is 3.11. The van der Waals surface area contributed by atoms with Crippen LogP contribution in [0.5, 0.6) is 0 Å². The summed E-state index contributed by atoms with van der Waals surface area (Å²) in [5.74, 6) is -0.397. The highest BCUT2D eigenvalue weighted by atomic mass is 16.2. The van der Waals surface area contributed by atoms with Crippen LogP contribution in [0.1, 0.15) is 16.8 Å². The minimum Gasteiger partial charge on any atom is -0.369 e. The minimum absolute atomic E-state index is 0.0144. The zero-order chi connectivity index (χ0) is 16.1. The second kappa shape index (κ2) is 7.37. The first-order valence-electron chi connectivity index (χ1n) is 7.44. The van der Waals surface area contributed by atoms with Crippen molar-refractivity contribution < 1.29 is 9.59 Å². The molecule has 0 bridgehead atoms. The van der Waals surface area contributed by atoms with Crippen molar-refractivity contribution >= 4 is 11.8 Å². The van der Waals surface area contributed by atoms with Gasteiger partial charge < -0.3 is 20.9 Å². The van der Waals surface area contributed by atoms with E-state index in [1.54, 1.807) is 22.0 Å². The maximum atomic E-state index is 12.4. The first-order valence-corrected chi connectivity index (χ1v) is 7.44. The molecule has 22 heavy (non-hydrogen) atoms. The van der Waals surface area contributed by atoms with Gasteiger partial charge in [-0.25, -0.2) is 0 Å². The number of nitrogens with one attached hydrogen (secondary N) is 1. The number of nitrogens with zero attached hydrogens (tertiary/aromatic N) is 4. The van der Waals surface area contributed by atoms with Crippen molar-refractivity contribution in [1.82, 2.24) is 24.9 Å². The van der Waals surface area contributed by atoms with Crippen LogP contribution in [0.4, 0.5) is 0 Å². The Balaban J connectivity index is 1.85. The van der Waals surface area contributed by atoms with E-state index in [0.29, 0.717) is 18.7 Å². The second-order valence-electron chi connectivity index (χ2n) is 5.88. The Labute approximate surface area is 130 Å². The van der Waals surface area contributed by atoms with Gasteiger partial charge in [0.15, 0.2) is 0 Å². The Morgan fingerprint density at radius 3 is 2.95 bits per heavy atom. The fourth-order valence-electron chi connectivity index (χ4n) is 2.44. The van der Waals surface area contributed by atoms with Crippen molar-refractivity contribution in [2.45, 2.75) is 19.0 Å². The smallest absolute Gasteiger partial charge is 0.257 e. The van der Waals surface area contributed by atoms with E-state index in [-0.39, 0.29) is 24.4 Å². The predicted molar refractivity (Wildman–Crippen MR) is 82.3 cm³/mol. The number of nitrogens with two attached hydrogens (primary N) is 1. The van der Waals surface area contributed by atoms with Crippen LogP contribution in [0, 0.1) is 0 Å². The predicted octanol–water partition coefficient (Wildman–Crippen LogP) is -1.27. The summed E-state index contributed by atoms with van der Waals surface area (Å²) in [5.41, 5.74) is 5.72. The molecule has 1 aliphatic heterocycles. The number of primary amides is 1. The van der Waals surface area contributed by atoms with Gasteiger partial charge >= 0.3 is 0 Å². The maximum Gasteiger partial charge on any atom is 0.257 e. The standard InChI is InChI=1S/C14H24N6O2/c1-18(2)5-6-20-9-11(7-17-20)14(22)19-4-3-12(10-19)16-8-13(15)21/h7,9,12,16H,3-6,8,10H2,1-2H3,(H2,15,21)/t12-/m1/s1. The molecule has 3 N–H and O–H groups in total. The lowest BCUT2D eigenvalue weighted by molar-refractivity contribution is -0.117. The molecule has 1 aliphatic rings. The first kappa shape index (κ1) is 16.4. The van der Waals surface area contributed by atoms with Crippen molar-refractivity contribution in [2.24, 2.45) is 5.73 Å². The van der Waals surface area contributed by atoms with Crippen molar-refractivity contribution in [3.8, 4) is 0 Å². The number of amides is 2. The first-order chi connectivity index (χ1) is 10.5. The maximum absolute atomic E-state index is 12.4. The average molecular weight is 308 g/mol. The van der Waals surface area contributed by atoms with Crippen LogP contribution in [0.2, 0.25) is 0 Å². The number of hydrogen-bond donors (Lipinski definition) is 2. The highest BCUT2D eigenvalue weighted by Gasteiger charge is 2.27. The Kier molecular flexibility index (Phi) is 5.51. The van der Waals surface area contributed by atoms with Crippen LogP contribution in [-0.2, 0) is 11.3 Å². The molecule has 8 nitrogen and oxygen atoms in total. The third-order valence-corrected chi connectivity index (χ3v) is 3.70. The molecule has 1 fully saturated rings. The zero-order valence-electron chi connectivity index (χ0n) is 13.2. The number of likely N-dealkylation sites (tertiary alicyclic amines) is 1. The summed E-state index contributed by atoms with van der Waals surface area (Å²) in [4.78, 5) is 27.0. The van der Waals surface area contributed by atoms with E-state index in [0.717, 1.165) is 19.5 Å². The Hall–Kier alpha value is -1.93. The van der Waals surface area contributed by atoms with E-state index < -0.39 is 0 Å². The molecule has 1 saturated heterocycles. The summed E-state index contributed by atoms with van der Waals surface area (Å²) in [7, 11) is 4.00. The van der Waals surface area contributed by atoms with E-state index in [4.69, 9.17) is 5.73 Å². The lowest BCUT2D eigenvalue weighted by Gasteiger charge is -2.16. The molecule has 2 heterocycles. The van der Waals surface area contributed by atoms with Crippen LogP contribution in [0.15, 0.2) is 12.4 Å². The van der Waals surface area contributed by atoms with Gasteiger partial charge in [-0.3, -0.25) is 14.3 Å². The molecule has 8 heteroatoms. The number of carbonyl (C=O) groups is 2. The molecule has 0 spiro atoms. The quantitative estimate of drug-likeness (QED) is 0.655. The molecule has 1 aromatic heterocycles. The molecule has 1 aromatic rings. The summed E-state index contributed by atoms with van der Waals surface area (Å²) in [6.45, 7) is 3.05. The van der Waals surface area contributed by atoms with Gasteiger partial charge in [-0.05, 0) is 20.5 Å². The Bertz CT molecular complexity index is 527. The van der Waals surface area contributed by atoms with E-state index in [9.17, 15) is 9.59 Å². The molecule has 2 rings (SSSR count). The topological polar surface area (TPSA) is 96.5 Å². The van der Waals surface area contributed by atoms with Gasteiger partial charge in [0.1, 0.15) is 0 Å². The van der Waals surface area contributed by atoms with Gasteiger partial charge in [0.2, 0.25) is 5.91 Å². The molecule has 122 valence electrons. The lowest BCUT2D eigenvalue weighted by Crippen LogP contribution is -2.39. The number of aromatic nitrogens is 2. The Morgan fingerprint density at radius 2 is 2.27 bits per heavy atom. The van der Waals surface area contributed by atoms with Crippen molar-refractivity contribution in [3.63, 3.8) is 0 Å². The van der Waals surface area contributed by atoms with Crippen LogP contribution in [0.25, 0.3) is 0 Å². The molecule has 2 amide bonds. The normalized spacial score (nSPS) is 18.1. The third kappa shape index (κ3) is 4.54. The summed E-state index contributed by atoms with van der Waals surface area (Å²) in [6.07, 6.45) is 4.23. The molecule has 1 atom stereocenters. The minimum atomic E-state index is -0.382. The monoisotopic (exact) mass is 308 g/mol. The lowest BCUT2D eigenvalue weighted by atomic mass is 10.2.